The number of halogens is 1. The number of nitrogens with one attached hydrogen (secondary N) is 1. The lowest BCUT2D eigenvalue weighted by atomic mass is 10.0. The van der Waals surface area contributed by atoms with E-state index in [0.717, 1.165) is 5.56 Å². The third kappa shape index (κ3) is 4.80. The Bertz CT molecular complexity index is 1420. The van der Waals surface area contributed by atoms with Gasteiger partial charge in [-0.1, -0.05) is 12.1 Å². The SMILES string of the molecule is CN1CCCn2c(=O)[nH]c3c(F)ccc(c32)-c2cccc(c2)O[C@H]2C[C@@H](C1=O)N(C(=O)OC(C)(C)C)C2. The van der Waals surface area contributed by atoms with Gasteiger partial charge in [0.25, 0.3) is 0 Å². The molecule has 2 aliphatic heterocycles. The average molecular weight is 511 g/mol. The molecule has 0 unspecified atom stereocenters. The fraction of sp³-hybridized carbons (Fsp3) is 0.444. The Labute approximate surface area is 213 Å². The van der Waals surface area contributed by atoms with Crippen molar-refractivity contribution >= 4 is 23.0 Å². The number of likely N-dealkylation sites (N-methyl/N-ethyl adjacent to an activating group) is 1. The number of aromatic amines is 1. The van der Waals surface area contributed by atoms with E-state index in [0.29, 0.717) is 36.2 Å². The minimum Gasteiger partial charge on any atom is -0.488 e. The highest BCUT2D eigenvalue weighted by atomic mass is 19.1. The zero-order valence-electron chi connectivity index (χ0n) is 21.4. The second-order valence-corrected chi connectivity index (χ2v) is 10.7. The first kappa shape index (κ1) is 24.9. The number of carbonyl (C=O) groups is 2. The maximum absolute atomic E-state index is 14.6. The minimum absolute atomic E-state index is 0.148. The molecule has 1 saturated heterocycles. The zero-order chi connectivity index (χ0) is 26.5. The van der Waals surface area contributed by atoms with Crippen LogP contribution in [0.1, 0.15) is 33.6 Å². The third-order valence-electron chi connectivity index (χ3n) is 6.75. The molecule has 4 bridgehead atoms. The van der Waals surface area contributed by atoms with E-state index in [2.05, 4.69) is 4.98 Å². The van der Waals surface area contributed by atoms with E-state index in [1.54, 1.807) is 44.9 Å². The molecular weight excluding hydrogens is 479 g/mol. The number of hydrogen-bond acceptors (Lipinski definition) is 5. The number of carbonyl (C=O) groups excluding carboxylic acids is 2. The van der Waals surface area contributed by atoms with Gasteiger partial charge in [-0.25, -0.2) is 14.0 Å². The molecule has 0 radical (unpaired) electrons. The van der Waals surface area contributed by atoms with E-state index in [1.165, 1.54) is 15.5 Å². The fourth-order valence-electron chi connectivity index (χ4n) is 5.09. The summed E-state index contributed by atoms with van der Waals surface area (Å²) in [5.74, 6) is -0.185. The number of ether oxygens (including phenoxy) is 2. The minimum atomic E-state index is -0.730. The molecule has 10 heteroatoms. The second-order valence-electron chi connectivity index (χ2n) is 10.7. The molecule has 5 rings (SSSR count). The molecule has 0 aliphatic carbocycles. The summed E-state index contributed by atoms with van der Waals surface area (Å²) in [6, 6.07) is 9.59. The van der Waals surface area contributed by atoms with Crippen molar-refractivity contribution in [2.75, 3.05) is 20.1 Å². The molecule has 37 heavy (non-hydrogen) atoms. The van der Waals surface area contributed by atoms with Gasteiger partial charge in [-0.2, -0.15) is 0 Å². The number of hydrogen-bond donors (Lipinski definition) is 1. The van der Waals surface area contributed by atoms with E-state index in [-0.39, 0.29) is 24.5 Å². The van der Waals surface area contributed by atoms with Crippen molar-refractivity contribution < 1.29 is 23.5 Å². The summed E-state index contributed by atoms with van der Waals surface area (Å²) >= 11 is 0. The van der Waals surface area contributed by atoms with Gasteiger partial charge in [0.05, 0.1) is 12.1 Å². The Balaban J connectivity index is 1.57. The lowest BCUT2D eigenvalue weighted by molar-refractivity contribution is -0.134. The van der Waals surface area contributed by atoms with Crippen molar-refractivity contribution in [1.29, 1.82) is 0 Å². The Kier molecular flexibility index (Phi) is 6.21. The van der Waals surface area contributed by atoms with Crippen molar-refractivity contribution in [3.8, 4) is 16.9 Å². The number of benzene rings is 2. The molecule has 0 saturated carbocycles. The molecule has 2 aromatic carbocycles. The van der Waals surface area contributed by atoms with Crippen molar-refractivity contribution in [1.82, 2.24) is 19.4 Å². The zero-order valence-corrected chi connectivity index (χ0v) is 21.4. The van der Waals surface area contributed by atoms with Gasteiger partial charge in [-0.3, -0.25) is 14.3 Å². The molecule has 3 heterocycles. The number of imidazole rings is 1. The highest BCUT2D eigenvalue weighted by molar-refractivity contribution is 5.93. The number of aryl methyl sites for hydroxylation is 1. The largest absolute Gasteiger partial charge is 0.488 e. The van der Waals surface area contributed by atoms with E-state index < -0.39 is 35.3 Å². The quantitative estimate of drug-likeness (QED) is 0.497. The standard InChI is InChI=1S/C27H31FN4O5/c1-27(2,3)37-26(35)32-15-18-14-21(32)24(33)30(4)11-6-12-31-23-19(16-7-5-8-17(13-16)36-18)9-10-20(28)22(23)29-25(31)34/h5,7-10,13,18,21H,6,11-12,14-15H2,1-4H3,(H,29,34)/t18-,21-/m0/s1. The summed E-state index contributed by atoms with van der Waals surface area (Å²) in [4.78, 5) is 44.9. The van der Waals surface area contributed by atoms with Crippen molar-refractivity contribution in [2.45, 2.75) is 57.9 Å². The molecule has 1 N–H and O–H groups in total. The summed E-state index contributed by atoms with van der Waals surface area (Å²) in [5, 5.41) is 0. The first-order valence-electron chi connectivity index (χ1n) is 12.4. The van der Waals surface area contributed by atoms with Crippen LogP contribution in [0.4, 0.5) is 9.18 Å². The number of rotatable bonds is 0. The summed E-state index contributed by atoms with van der Waals surface area (Å²) in [6.45, 7) is 6.19. The van der Waals surface area contributed by atoms with Crippen LogP contribution in [0.25, 0.3) is 22.2 Å². The molecule has 3 aromatic rings. The van der Waals surface area contributed by atoms with Crippen LogP contribution >= 0.6 is 0 Å². The van der Waals surface area contributed by atoms with E-state index >= 15 is 0 Å². The predicted octanol–water partition coefficient (Wildman–Crippen LogP) is 3.75. The fourth-order valence-corrected chi connectivity index (χ4v) is 5.09. The first-order valence-corrected chi connectivity index (χ1v) is 12.4. The molecule has 1 fully saturated rings. The number of nitrogens with zero attached hydrogens (tertiary/aromatic N) is 3. The molecule has 1 aromatic heterocycles. The number of H-pyrrole nitrogens is 1. The van der Waals surface area contributed by atoms with Gasteiger partial charge in [-0.15, -0.1) is 0 Å². The first-order chi connectivity index (χ1) is 17.5. The van der Waals surface area contributed by atoms with Gasteiger partial charge >= 0.3 is 11.8 Å². The molecule has 2 aliphatic rings. The van der Waals surface area contributed by atoms with Gasteiger partial charge in [0.2, 0.25) is 5.91 Å². The molecular formula is C27H31FN4O5. The lowest BCUT2D eigenvalue weighted by Crippen LogP contribution is -2.48. The highest BCUT2D eigenvalue weighted by Gasteiger charge is 2.43. The van der Waals surface area contributed by atoms with Crippen molar-refractivity contribution in [3.63, 3.8) is 0 Å². The number of aromatic nitrogens is 2. The van der Waals surface area contributed by atoms with Crippen LogP contribution in [-0.2, 0) is 16.1 Å². The van der Waals surface area contributed by atoms with Crippen LogP contribution < -0.4 is 10.4 Å². The van der Waals surface area contributed by atoms with Gasteiger partial charge in [0.15, 0.2) is 0 Å². The highest BCUT2D eigenvalue weighted by Crippen LogP contribution is 2.33. The van der Waals surface area contributed by atoms with Crippen LogP contribution in [0, 0.1) is 5.82 Å². The summed E-state index contributed by atoms with van der Waals surface area (Å²) < 4.78 is 28.0. The second kappa shape index (κ2) is 9.24. The van der Waals surface area contributed by atoms with Crippen LogP contribution in [0.15, 0.2) is 41.2 Å². The monoisotopic (exact) mass is 510 g/mol. The number of fused-ring (bicyclic) bond motifs is 5. The van der Waals surface area contributed by atoms with Gasteiger partial charge < -0.3 is 19.4 Å². The molecule has 0 spiro atoms. The third-order valence-corrected chi connectivity index (χ3v) is 6.75. The van der Waals surface area contributed by atoms with Crippen LogP contribution in [0.2, 0.25) is 0 Å². The Morgan fingerprint density at radius 2 is 1.95 bits per heavy atom. The molecule has 2 atom stereocenters. The van der Waals surface area contributed by atoms with E-state index in [1.807, 2.05) is 18.2 Å². The molecule has 196 valence electrons. The predicted molar refractivity (Wildman–Crippen MR) is 136 cm³/mol. The normalized spacial score (nSPS) is 20.4. The van der Waals surface area contributed by atoms with Gasteiger partial charge in [-0.05, 0) is 57.0 Å². The summed E-state index contributed by atoms with van der Waals surface area (Å²) in [7, 11) is 1.67. The Morgan fingerprint density at radius 1 is 1.16 bits per heavy atom. The molecule has 2 amide bonds. The average Bonchev–Trinajstić information content (AvgIpc) is 3.39. The smallest absolute Gasteiger partial charge is 0.411 e. The van der Waals surface area contributed by atoms with E-state index in [9.17, 15) is 18.8 Å². The topological polar surface area (TPSA) is 96.9 Å². The van der Waals surface area contributed by atoms with Gasteiger partial charge in [0, 0.05) is 32.1 Å². The Hall–Kier alpha value is -3.82. The Morgan fingerprint density at radius 3 is 2.70 bits per heavy atom. The van der Waals surface area contributed by atoms with Gasteiger partial charge in [0.1, 0.15) is 34.8 Å². The summed E-state index contributed by atoms with van der Waals surface area (Å²) in [6.07, 6.45) is -0.191. The maximum atomic E-state index is 14.6. The maximum Gasteiger partial charge on any atom is 0.411 e. The molecule has 9 nitrogen and oxygen atoms in total. The van der Waals surface area contributed by atoms with Crippen molar-refractivity contribution in [2.24, 2.45) is 0 Å². The summed E-state index contributed by atoms with van der Waals surface area (Å²) in [5.41, 5.74) is 0.958. The van der Waals surface area contributed by atoms with Crippen LogP contribution in [-0.4, -0.2) is 69.2 Å². The number of amides is 2. The van der Waals surface area contributed by atoms with E-state index in [4.69, 9.17) is 9.47 Å². The lowest BCUT2D eigenvalue weighted by Gasteiger charge is -2.30. The van der Waals surface area contributed by atoms with Crippen LogP contribution in [0.3, 0.4) is 0 Å². The van der Waals surface area contributed by atoms with Crippen molar-refractivity contribution in [3.05, 3.63) is 52.7 Å². The number of likely N-dealkylation sites (tertiary alicyclic amines) is 1. The van der Waals surface area contributed by atoms with Crippen LogP contribution in [0.5, 0.6) is 5.75 Å².